The Bertz CT molecular complexity index is 1700. The molecule has 3 aromatic carbocycles. The normalized spacial score (nSPS) is 13.8. The molecule has 242 valence electrons. The molecule has 46 heavy (non-hydrogen) atoms. The maximum absolute atomic E-state index is 13.0. The Kier molecular flexibility index (Phi) is 10.4. The Labute approximate surface area is 265 Å². The van der Waals surface area contributed by atoms with Gasteiger partial charge in [-0.25, -0.2) is 19.4 Å². The zero-order valence-electron chi connectivity index (χ0n) is 25.7. The number of imidazole rings is 1. The number of nitrogens with zero attached hydrogens (tertiary/aromatic N) is 2. The van der Waals surface area contributed by atoms with Gasteiger partial charge in [-0.15, -0.1) is 0 Å². The number of hydrogen-bond acceptors (Lipinski definition) is 5. The number of carbonyl (C=O) groups excluding carboxylic acids is 3. The van der Waals surface area contributed by atoms with Crippen molar-refractivity contribution in [1.29, 1.82) is 0 Å². The van der Waals surface area contributed by atoms with Crippen molar-refractivity contribution in [2.24, 2.45) is 5.92 Å². The second-order valence-corrected chi connectivity index (χ2v) is 11.7. The van der Waals surface area contributed by atoms with Crippen LogP contribution in [-0.4, -0.2) is 40.2 Å². The molecule has 4 aromatic rings. The Morgan fingerprint density at radius 2 is 1.74 bits per heavy atom. The molecule has 1 saturated carbocycles. The molecule has 0 radical (unpaired) electrons. The molecule has 5 rings (SSSR count). The molecule has 2 N–H and O–H groups in total. The molecule has 0 unspecified atom stereocenters. The molecule has 11 heteroatoms. The predicted molar refractivity (Wildman–Crippen MR) is 169 cm³/mol. The number of halogens is 3. The van der Waals surface area contributed by atoms with E-state index in [1.54, 1.807) is 48.5 Å². The third-order valence-corrected chi connectivity index (χ3v) is 8.26. The second-order valence-electron chi connectivity index (χ2n) is 11.7. The van der Waals surface area contributed by atoms with E-state index in [1.807, 2.05) is 16.7 Å². The van der Waals surface area contributed by atoms with E-state index in [9.17, 15) is 27.6 Å². The highest BCUT2D eigenvalue weighted by molar-refractivity contribution is 6.03. The highest BCUT2D eigenvalue weighted by Crippen LogP contribution is 2.29. The number of nitrogens with one attached hydrogen (secondary N) is 2. The van der Waals surface area contributed by atoms with Gasteiger partial charge in [0.05, 0.1) is 16.6 Å². The number of ether oxygens (including phenoxy) is 1. The summed E-state index contributed by atoms with van der Waals surface area (Å²) in [6, 6.07) is 18.7. The molecular formula is C35H37F3N4O4. The lowest BCUT2D eigenvalue weighted by molar-refractivity contribution is -0.193. The first-order valence-corrected chi connectivity index (χ1v) is 15.7. The lowest BCUT2D eigenvalue weighted by Crippen LogP contribution is -2.33. The van der Waals surface area contributed by atoms with Gasteiger partial charge in [0.2, 0.25) is 0 Å². The third kappa shape index (κ3) is 8.13. The van der Waals surface area contributed by atoms with Crippen LogP contribution in [-0.2, 0) is 22.5 Å². The van der Waals surface area contributed by atoms with E-state index >= 15 is 0 Å². The van der Waals surface area contributed by atoms with Gasteiger partial charge in [-0.1, -0.05) is 75.1 Å². The van der Waals surface area contributed by atoms with Gasteiger partial charge < -0.3 is 19.9 Å². The highest BCUT2D eigenvalue weighted by Gasteiger charge is 2.42. The molecule has 0 bridgehead atoms. The first kappa shape index (κ1) is 32.7. The van der Waals surface area contributed by atoms with Crippen molar-refractivity contribution < 1.29 is 32.3 Å². The number of carbonyl (C=O) groups is 3. The van der Waals surface area contributed by atoms with Crippen LogP contribution in [0.25, 0.3) is 22.2 Å². The minimum atomic E-state index is -5.32. The number of anilines is 1. The van der Waals surface area contributed by atoms with Crippen molar-refractivity contribution in [3.05, 3.63) is 83.7 Å². The van der Waals surface area contributed by atoms with Gasteiger partial charge in [-0.3, -0.25) is 0 Å². The first-order chi connectivity index (χ1) is 22.1. The molecular weight excluding hydrogens is 597 g/mol. The van der Waals surface area contributed by atoms with Crippen LogP contribution in [0.5, 0.6) is 0 Å². The average molecular weight is 635 g/mol. The lowest BCUT2D eigenvalue weighted by atomic mass is 9.89. The number of rotatable bonds is 10. The number of unbranched alkanes of at least 4 members (excludes halogenated alkanes) is 1. The molecule has 1 aromatic heterocycles. The number of amides is 2. The molecule has 0 atom stereocenters. The van der Waals surface area contributed by atoms with Crippen LogP contribution in [0.4, 0.5) is 23.7 Å². The van der Waals surface area contributed by atoms with E-state index in [-0.39, 0.29) is 18.1 Å². The van der Waals surface area contributed by atoms with Gasteiger partial charge in [0.25, 0.3) is 0 Å². The summed E-state index contributed by atoms with van der Waals surface area (Å²) >= 11 is 0. The van der Waals surface area contributed by atoms with Crippen LogP contribution in [0.2, 0.25) is 0 Å². The fraction of sp³-hybridized carbons (Fsp3) is 0.371. The van der Waals surface area contributed by atoms with Crippen molar-refractivity contribution in [3.63, 3.8) is 0 Å². The molecule has 0 spiro atoms. The quantitative estimate of drug-likeness (QED) is 0.136. The fourth-order valence-corrected chi connectivity index (χ4v) is 5.86. The van der Waals surface area contributed by atoms with Crippen molar-refractivity contribution in [2.75, 3.05) is 11.9 Å². The number of alkyl halides is 3. The summed E-state index contributed by atoms with van der Waals surface area (Å²) in [7, 11) is 0. The van der Waals surface area contributed by atoms with E-state index in [1.165, 1.54) is 25.3 Å². The highest BCUT2D eigenvalue weighted by atomic mass is 19.4. The van der Waals surface area contributed by atoms with Gasteiger partial charge in [0, 0.05) is 25.2 Å². The number of benzene rings is 3. The minimum Gasteiger partial charge on any atom is -0.383 e. The molecule has 1 heterocycles. The summed E-state index contributed by atoms with van der Waals surface area (Å²) in [4.78, 5) is 42.1. The van der Waals surface area contributed by atoms with E-state index in [0.717, 1.165) is 42.5 Å². The summed E-state index contributed by atoms with van der Waals surface area (Å²) in [6.45, 7) is 2.93. The van der Waals surface area contributed by atoms with Gasteiger partial charge in [-0.05, 0) is 66.1 Å². The Morgan fingerprint density at radius 3 is 2.46 bits per heavy atom. The summed E-state index contributed by atoms with van der Waals surface area (Å²) in [5.41, 5.74) is 3.39. The number of aryl methyl sites for hydroxylation is 1. The maximum atomic E-state index is 13.0. The van der Waals surface area contributed by atoms with Gasteiger partial charge in [-0.2, -0.15) is 13.2 Å². The number of urea groups is 1. The average Bonchev–Trinajstić information content (AvgIpc) is 3.39. The number of fused-ring (bicyclic) bond motifs is 1. The van der Waals surface area contributed by atoms with Crippen LogP contribution in [0.1, 0.15) is 73.6 Å². The second kappa shape index (κ2) is 14.6. The largest absolute Gasteiger partial charge is 0.491 e. The molecule has 0 saturated heterocycles. The van der Waals surface area contributed by atoms with Crippen molar-refractivity contribution in [1.82, 2.24) is 14.9 Å². The zero-order chi connectivity index (χ0) is 32.7. The topological polar surface area (TPSA) is 102 Å². The number of aromatic nitrogens is 2. The van der Waals surface area contributed by atoms with Crippen LogP contribution in [0.15, 0.2) is 66.7 Å². The van der Waals surface area contributed by atoms with Crippen molar-refractivity contribution in [3.8, 4) is 11.1 Å². The zero-order valence-corrected chi connectivity index (χ0v) is 25.7. The van der Waals surface area contributed by atoms with Crippen LogP contribution in [0, 0.1) is 5.92 Å². The number of hydrogen-bond donors (Lipinski definition) is 2. The van der Waals surface area contributed by atoms with E-state index < -0.39 is 18.1 Å². The molecule has 1 fully saturated rings. The van der Waals surface area contributed by atoms with Crippen LogP contribution < -0.4 is 10.6 Å². The SMILES string of the molecule is CCCCc1nc2ccc(NC(=O)NCC3CCCCC3)cc2n1Cc1ccc(-c2ccccc2)c(C(=O)OC(=O)C(F)(F)F)c1. The molecule has 1 aliphatic carbocycles. The third-order valence-electron chi connectivity index (χ3n) is 8.26. The number of esters is 2. The van der Waals surface area contributed by atoms with Gasteiger partial charge in [0.15, 0.2) is 0 Å². The molecule has 1 aliphatic rings. The molecule has 0 aliphatic heterocycles. The first-order valence-electron chi connectivity index (χ1n) is 15.7. The predicted octanol–water partition coefficient (Wildman–Crippen LogP) is 8.04. The lowest BCUT2D eigenvalue weighted by Gasteiger charge is -2.21. The Hall–Kier alpha value is -4.67. The van der Waals surface area contributed by atoms with Gasteiger partial charge >= 0.3 is 24.1 Å². The summed E-state index contributed by atoms with van der Waals surface area (Å²) in [5.74, 6) is -2.69. The summed E-state index contributed by atoms with van der Waals surface area (Å²) < 4.78 is 45.1. The molecule has 2 amide bonds. The minimum absolute atomic E-state index is 0.169. The Morgan fingerprint density at radius 1 is 0.978 bits per heavy atom. The van der Waals surface area contributed by atoms with Crippen molar-refractivity contribution >= 4 is 34.7 Å². The van der Waals surface area contributed by atoms with E-state index in [0.29, 0.717) is 41.3 Å². The fourth-order valence-electron chi connectivity index (χ4n) is 5.86. The van der Waals surface area contributed by atoms with Gasteiger partial charge in [0.1, 0.15) is 5.82 Å². The monoisotopic (exact) mass is 634 g/mol. The summed E-state index contributed by atoms with van der Waals surface area (Å²) in [6.07, 6.45) is 3.05. The smallest absolute Gasteiger partial charge is 0.383 e. The van der Waals surface area contributed by atoms with E-state index in [2.05, 4.69) is 22.3 Å². The van der Waals surface area contributed by atoms with E-state index in [4.69, 9.17) is 4.98 Å². The van der Waals surface area contributed by atoms with Crippen LogP contribution >= 0.6 is 0 Å². The Balaban J connectivity index is 1.45. The maximum Gasteiger partial charge on any atom is 0.491 e. The van der Waals surface area contributed by atoms with Crippen LogP contribution in [0.3, 0.4) is 0 Å². The molecule has 8 nitrogen and oxygen atoms in total. The standard InChI is InChI=1S/C35H37F3N4O4/c1-2-3-14-31-41-29-18-16-26(40-34(45)39-21-23-10-6-4-7-11-23)20-30(29)42(31)22-24-15-17-27(25-12-8-5-9-13-25)28(19-24)32(43)46-33(44)35(36,37)38/h5,8-9,12-13,15-20,23H,2-4,6-7,10-11,14,21-22H2,1H3,(H2,39,40,45). The summed E-state index contributed by atoms with van der Waals surface area (Å²) in [5, 5.41) is 5.91. The van der Waals surface area contributed by atoms with Crippen molar-refractivity contribution in [2.45, 2.75) is 71.0 Å².